The van der Waals surface area contributed by atoms with Crippen LogP contribution in [-0.2, 0) is 13.0 Å². The Balaban J connectivity index is 0.00000220. The van der Waals surface area contributed by atoms with Gasteiger partial charge in [0.05, 0.1) is 16.0 Å². The van der Waals surface area contributed by atoms with Crippen LogP contribution in [0, 0.1) is 0 Å². The average molecular weight is 481 g/mol. The second-order valence-corrected chi connectivity index (χ2v) is 6.68. The van der Waals surface area contributed by atoms with Gasteiger partial charge in [-0.25, -0.2) is 0 Å². The standard InChI is InChI=1S/C14H17BrN4S.HI/c1-16-14(19-10-11-4-2-3-8-17-11)18-9-7-12-5-6-13(15)20-12;/h2-6,8H,7,9-10H2,1H3,(H2,16,18,19);1H. The number of aromatic nitrogens is 1. The molecule has 0 bridgehead atoms. The highest BCUT2D eigenvalue weighted by atomic mass is 127. The number of hydrogen-bond donors (Lipinski definition) is 2. The molecule has 0 saturated heterocycles. The summed E-state index contributed by atoms with van der Waals surface area (Å²) in [5.74, 6) is 0.797. The molecule has 0 atom stereocenters. The summed E-state index contributed by atoms with van der Waals surface area (Å²) in [6.45, 7) is 1.53. The van der Waals surface area contributed by atoms with Crippen LogP contribution in [0.3, 0.4) is 0 Å². The molecule has 2 heterocycles. The van der Waals surface area contributed by atoms with Crippen molar-refractivity contribution in [2.45, 2.75) is 13.0 Å². The molecule has 0 spiro atoms. The van der Waals surface area contributed by atoms with Crippen molar-refractivity contribution in [3.63, 3.8) is 0 Å². The van der Waals surface area contributed by atoms with E-state index >= 15 is 0 Å². The third kappa shape index (κ3) is 6.75. The molecule has 2 N–H and O–H groups in total. The van der Waals surface area contributed by atoms with Gasteiger partial charge in [-0.15, -0.1) is 35.3 Å². The minimum atomic E-state index is 0. The predicted molar refractivity (Wildman–Crippen MR) is 104 cm³/mol. The number of thiophene rings is 1. The minimum absolute atomic E-state index is 0. The van der Waals surface area contributed by atoms with Crippen molar-refractivity contribution >= 4 is 57.2 Å². The van der Waals surface area contributed by atoms with Gasteiger partial charge in [0.25, 0.3) is 0 Å². The maximum Gasteiger partial charge on any atom is 0.191 e. The summed E-state index contributed by atoms with van der Waals surface area (Å²) in [4.78, 5) is 9.82. The van der Waals surface area contributed by atoms with Crippen molar-refractivity contribution < 1.29 is 0 Å². The number of nitrogens with zero attached hydrogens (tertiary/aromatic N) is 2. The lowest BCUT2D eigenvalue weighted by Gasteiger charge is -2.11. The molecule has 0 unspecified atom stereocenters. The molecular weight excluding hydrogens is 463 g/mol. The number of nitrogens with one attached hydrogen (secondary N) is 2. The smallest absolute Gasteiger partial charge is 0.191 e. The lowest BCUT2D eigenvalue weighted by atomic mass is 10.3. The first-order valence-corrected chi connectivity index (χ1v) is 7.97. The van der Waals surface area contributed by atoms with E-state index in [1.54, 1.807) is 24.6 Å². The van der Waals surface area contributed by atoms with Crippen molar-refractivity contribution in [1.29, 1.82) is 0 Å². The Hall–Kier alpha value is -0.670. The van der Waals surface area contributed by atoms with Crippen LogP contribution in [0.4, 0.5) is 0 Å². The summed E-state index contributed by atoms with van der Waals surface area (Å²) in [5, 5.41) is 6.55. The normalized spacial score (nSPS) is 10.9. The summed E-state index contributed by atoms with van der Waals surface area (Å²) in [6.07, 6.45) is 2.78. The molecule has 0 aliphatic rings. The van der Waals surface area contributed by atoms with E-state index < -0.39 is 0 Å². The lowest BCUT2D eigenvalue weighted by molar-refractivity contribution is 0.787. The second kappa shape index (κ2) is 10.1. The maximum absolute atomic E-state index is 4.27. The zero-order chi connectivity index (χ0) is 14.2. The van der Waals surface area contributed by atoms with Gasteiger partial charge in [0, 0.05) is 24.7 Å². The van der Waals surface area contributed by atoms with Gasteiger partial charge in [-0.05, 0) is 46.6 Å². The van der Waals surface area contributed by atoms with Crippen LogP contribution in [0.1, 0.15) is 10.6 Å². The topological polar surface area (TPSA) is 49.3 Å². The molecule has 21 heavy (non-hydrogen) atoms. The maximum atomic E-state index is 4.27. The summed E-state index contributed by atoms with van der Waals surface area (Å²) in [5.41, 5.74) is 0.998. The molecule has 4 nitrogen and oxygen atoms in total. The van der Waals surface area contributed by atoms with Crippen LogP contribution >= 0.6 is 51.2 Å². The van der Waals surface area contributed by atoms with Gasteiger partial charge >= 0.3 is 0 Å². The average Bonchev–Trinajstić information content (AvgIpc) is 2.89. The third-order valence-electron chi connectivity index (χ3n) is 2.68. The van der Waals surface area contributed by atoms with Crippen molar-refractivity contribution in [2.24, 2.45) is 4.99 Å². The molecular formula is C14H18BrIN4S. The fourth-order valence-electron chi connectivity index (χ4n) is 1.69. The van der Waals surface area contributed by atoms with Crippen molar-refractivity contribution in [3.05, 3.63) is 50.9 Å². The van der Waals surface area contributed by atoms with E-state index in [0.29, 0.717) is 6.54 Å². The Kier molecular flexibility index (Phi) is 8.86. The quantitative estimate of drug-likeness (QED) is 0.391. The zero-order valence-electron chi connectivity index (χ0n) is 11.7. The van der Waals surface area contributed by atoms with Crippen LogP contribution in [0.15, 0.2) is 45.3 Å². The molecule has 0 radical (unpaired) electrons. The highest BCUT2D eigenvalue weighted by molar-refractivity contribution is 14.0. The number of guanidine groups is 1. The summed E-state index contributed by atoms with van der Waals surface area (Å²) < 4.78 is 1.17. The monoisotopic (exact) mass is 480 g/mol. The van der Waals surface area contributed by atoms with Crippen LogP contribution in [0.5, 0.6) is 0 Å². The molecule has 0 aliphatic carbocycles. The van der Waals surface area contributed by atoms with Crippen LogP contribution < -0.4 is 10.6 Å². The predicted octanol–water partition coefficient (Wildman–Crippen LogP) is 3.43. The van der Waals surface area contributed by atoms with E-state index in [9.17, 15) is 0 Å². The van der Waals surface area contributed by atoms with Gasteiger partial charge in [-0.2, -0.15) is 0 Å². The number of pyridine rings is 1. The van der Waals surface area contributed by atoms with Gasteiger partial charge in [-0.3, -0.25) is 9.98 Å². The van der Waals surface area contributed by atoms with E-state index in [1.807, 2.05) is 18.2 Å². The summed E-state index contributed by atoms with van der Waals surface area (Å²) in [6, 6.07) is 10.1. The molecule has 2 aromatic rings. The first-order valence-electron chi connectivity index (χ1n) is 6.36. The highest BCUT2D eigenvalue weighted by Crippen LogP contribution is 2.21. The van der Waals surface area contributed by atoms with E-state index in [-0.39, 0.29) is 24.0 Å². The molecule has 0 aliphatic heterocycles. The van der Waals surface area contributed by atoms with Crippen LogP contribution in [0.25, 0.3) is 0 Å². The zero-order valence-corrected chi connectivity index (χ0v) is 16.4. The molecule has 0 saturated carbocycles. The Bertz CT molecular complexity index is 559. The van der Waals surface area contributed by atoms with Gasteiger partial charge in [0.15, 0.2) is 5.96 Å². The third-order valence-corrected chi connectivity index (χ3v) is 4.36. The van der Waals surface area contributed by atoms with E-state index in [1.165, 1.54) is 8.66 Å². The number of hydrogen-bond acceptors (Lipinski definition) is 3. The van der Waals surface area contributed by atoms with Crippen LogP contribution in [-0.4, -0.2) is 24.5 Å². The first kappa shape index (κ1) is 18.4. The van der Waals surface area contributed by atoms with E-state index in [0.717, 1.165) is 24.6 Å². The Morgan fingerprint density at radius 2 is 2.14 bits per heavy atom. The number of halogens is 2. The largest absolute Gasteiger partial charge is 0.356 e. The summed E-state index contributed by atoms with van der Waals surface area (Å²) >= 11 is 5.24. The molecule has 0 aromatic carbocycles. The summed E-state index contributed by atoms with van der Waals surface area (Å²) in [7, 11) is 1.77. The minimum Gasteiger partial charge on any atom is -0.356 e. The molecule has 114 valence electrons. The highest BCUT2D eigenvalue weighted by Gasteiger charge is 2.00. The fraction of sp³-hybridized carbons (Fsp3) is 0.286. The lowest BCUT2D eigenvalue weighted by Crippen LogP contribution is -2.37. The van der Waals surface area contributed by atoms with Crippen molar-refractivity contribution in [2.75, 3.05) is 13.6 Å². The number of aliphatic imine (C=N–C) groups is 1. The molecule has 0 amide bonds. The number of rotatable bonds is 5. The van der Waals surface area contributed by atoms with Gasteiger partial charge < -0.3 is 10.6 Å². The fourth-order valence-corrected chi connectivity index (χ4v) is 3.17. The van der Waals surface area contributed by atoms with Gasteiger partial charge in [0.1, 0.15) is 0 Å². The van der Waals surface area contributed by atoms with Crippen LogP contribution in [0.2, 0.25) is 0 Å². The van der Waals surface area contributed by atoms with Crippen molar-refractivity contribution in [1.82, 2.24) is 15.6 Å². The first-order chi connectivity index (χ1) is 9.78. The van der Waals surface area contributed by atoms with Crippen molar-refractivity contribution in [3.8, 4) is 0 Å². The van der Waals surface area contributed by atoms with E-state index in [2.05, 4.69) is 48.7 Å². The molecule has 2 aromatic heterocycles. The molecule has 2 rings (SSSR count). The Morgan fingerprint density at radius 3 is 2.76 bits per heavy atom. The SMILES string of the molecule is CN=C(NCCc1ccc(Br)s1)NCc1ccccn1.I. The molecule has 0 fully saturated rings. The molecule has 7 heteroatoms. The van der Waals surface area contributed by atoms with E-state index in [4.69, 9.17) is 0 Å². The van der Waals surface area contributed by atoms with Gasteiger partial charge in [-0.1, -0.05) is 6.07 Å². The van der Waals surface area contributed by atoms with Gasteiger partial charge in [0.2, 0.25) is 0 Å². The Morgan fingerprint density at radius 1 is 1.29 bits per heavy atom. The second-order valence-electron chi connectivity index (χ2n) is 4.13. The Labute approximate surface area is 154 Å².